The Labute approximate surface area is 163 Å². The van der Waals surface area contributed by atoms with Gasteiger partial charge in [-0.3, -0.25) is 9.59 Å². The highest BCUT2D eigenvalue weighted by atomic mass is 19.1. The Balaban J connectivity index is 1.33. The van der Waals surface area contributed by atoms with E-state index in [9.17, 15) is 14.0 Å². The van der Waals surface area contributed by atoms with Crippen LogP contribution in [0.25, 0.3) is 0 Å². The molecular weight excluding hydrogens is 355 g/mol. The number of halogens is 1. The van der Waals surface area contributed by atoms with E-state index in [-0.39, 0.29) is 29.5 Å². The van der Waals surface area contributed by atoms with Crippen molar-refractivity contribution in [3.63, 3.8) is 0 Å². The number of hydrogen-bond acceptors (Lipinski definition) is 2. The maximum Gasteiger partial charge on any atom is 0.232 e. The van der Waals surface area contributed by atoms with Crippen LogP contribution in [0.15, 0.2) is 42.5 Å². The smallest absolute Gasteiger partial charge is 0.232 e. The number of rotatable bonds is 5. The largest absolute Gasteiger partial charge is 0.326 e. The van der Waals surface area contributed by atoms with Gasteiger partial charge >= 0.3 is 0 Å². The van der Waals surface area contributed by atoms with Crippen LogP contribution in [0.2, 0.25) is 0 Å². The third-order valence-electron chi connectivity index (χ3n) is 6.04. The highest BCUT2D eigenvalue weighted by Crippen LogP contribution is 2.43. The molecule has 0 saturated heterocycles. The van der Waals surface area contributed by atoms with Crippen molar-refractivity contribution in [1.82, 2.24) is 0 Å². The number of fused-ring (bicyclic) bond motifs is 1. The zero-order chi connectivity index (χ0) is 19.3. The molecule has 28 heavy (non-hydrogen) atoms. The lowest BCUT2D eigenvalue weighted by Crippen LogP contribution is -2.30. The predicted molar refractivity (Wildman–Crippen MR) is 106 cm³/mol. The summed E-state index contributed by atoms with van der Waals surface area (Å²) >= 11 is 0. The maximum atomic E-state index is 13.3. The third kappa shape index (κ3) is 3.30. The Morgan fingerprint density at radius 2 is 1.79 bits per heavy atom. The highest BCUT2D eigenvalue weighted by Gasteiger charge is 2.38. The average Bonchev–Trinajstić information content (AvgIpc) is 3.60. The van der Waals surface area contributed by atoms with Gasteiger partial charge in [-0.1, -0.05) is 12.1 Å². The van der Waals surface area contributed by atoms with Crippen molar-refractivity contribution < 1.29 is 14.0 Å². The molecule has 1 unspecified atom stereocenters. The molecule has 2 aromatic carbocycles. The Kier molecular flexibility index (Phi) is 4.18. The van der Waals surface area contributed by atoms with E-state index in [0.29, 0.717) is 5.92 Å². The first-order valence-corrected chi connectivity index (χ1v) is 10.1. The summed E-state index contributed by atoms with van der Waals surface area (Å²) in [5, 5.41) is 3.05. The number of hydrogen-bond donors (Lipinski definition) is 1. The van der Waals surface area contributed by atoms with E-state index < -0.39 is 0 Å². The van der Waals surface area contributed by atoms with Gasteiger partial charge in [0.2, 0.25) is 11.8 Å². The second kappa shape index (κ2) is 6.73. The summed E-state index contributed by atoms with van der Waals surface area (Å²) in [5.74, 6) is 0.190. The molecule has 3 aliphatic rings. The van der Waals surface area contributed by atoms with Crippen molar-refractivity contribution >= 4 is 23.2 Å². The predicted octanol–water partition coefficient (Wildman–Crippen LogP) is 4.26. The normalized spacial score (nSPS) is 19.2. The van der Waals surface area contributed by atoms with E-state index >= 15 is 0 Å². The van der Waals surface area contributed by atoms with E-state index in [4.69, 9.17) is 0 Å². The van der Waals surface area contributed by atoms with Gasteiger partial charge in [0.25, 0.3) is 0 Å². The fraction of sp³-hybridized carbons (Fsp3) is 0.391. The summed E-state index contributed by atoms with van der Waals surface area (Å²) < 4.78 is 13.3. The van der Waals surface area contributed by atoms with E-state index in [1.807, 2.05) is 23.1 Å². The number of nitrogens with one attached hydrogen (secondary N) is 1. The van der Waals surface area contributed by atoms with Crippen LogP contribution in [0.4, 0.5) is 15.8 Å². The molecule has 2 fully saturated rings. The minimum Gasteiger partial charge on any atom is -0.326 e. The van der Waals surface area contributed by atoms with Crippen LogP contribution >= 0.6 is 0 Å². The van der Waals surface area contributed by atoms with Crippen molar-refractivity contribution in [2.24, 2.45) is 11.8 Å². The van der Waals surface area contributed by atoms with Gasteiger partial charge in [0.1, 0.15) is 5.82 Å². The van der Waals surface area contributed by atoms with Crippen molar-refractivity contribution in [2.45, 2.75) is 38.0 Å². The molecule has 0 radical (unpaired) electrons. The lowest BCUT2D eigenvalue weighted by atomic mass is 9.93. The SMILES string of the molecule is O=C(Nc1ccc2c(c1)CCN2C(=O)C1CC1)C(c1ccc(F)cc1)C1CC1. The summed E-state index contributed by atoms with van der Waals surface area (Å²) in [6.07, 6.45) is 4.88. The van der Waals surface area contributed by atoms with Crippen molar-refractivity contribution in [3.8, 4) is 0 Å². The molecule has 5 rings (SSSR count). The minimum atomic E-state index is -0.289. The quantitative estimate of drug-likeness (QED) is 0.845. The molecule has 0 aromatic heterocycles. The lowest BCUT2D eigenvalue weighted by Gasteiger charge is -2.19. The second-order valence-electron chi connectivity index (χ2n) is 8.21. The molecular formula is C23H23FN2O2. The number of carbonyl (C=O) groups is 2. The lowest BCUT2D eigenvalue weighted by molar-refractivity contribution is -0.120. The summed E-state index contributed by atoms with van der Waals surface area (Å²) in [6.45, 7) is 0.725. The number of carbonyl (C=O) groups excluding carboxylic acids is 2. The number of benzene rings is 2. The van der Waals surface area contributed by atoms with Crippen LogP contribution in [-0.4, -0.2) is 18.4 Å². The number of nitrogens with zero attached hydrogens (tertiary/aromatic N) is 1. The van der Waals surface area contributed by atoms with E-state index in [0.717, 1.165) is 61.2 Å². The Hall–Kier alpha value is -2.69. The molecule has 1 heterocycles. The molecule has 2 aliphatic carbocycles. The molecule has 4 nitrogen and oxygen atoms in total. The van der Waals surface area contributed by atoms with Crippen LogP contribution in [0.3, 0.4) is 0 Å². The van der Waals surface area contributed by atoms with Gasteiger partial charge in [-0.05, 0) is 79.5 Å². The van der Waals surface area contributed by atoms with Gasteiger partial charge in [0, 0.05) is 23.8 Å². The molecule has 1 N–H and O–H groups in total. The molecule has 144 valence electrons. The number of amides is 2. The van der Waals surface area contributed by atoms with Crippen LogP contribution in [-0.2, 0) is 16.0 Å². The van der Waals surface area contributed by atoms with Crippen molar-refractivity contribution in [3.05, 3.63) is 59.4 Å². The summed E-state index contributed by atoms with van der Waals surface area (Å²) in [4.78, 5) is 27.3. The standard InChI is InChI=1S/C23H23FN2O2/c24-18-7-5-15(6-8-18)21(14-1-2-14)22(27)25-19-9-10-20-17(13-19)11-12-26(20)23(28)16-3-4-16/h5-10,13-14,16,21H,1-4,11-12H2,(H,25,27). The topological polar surface area (TPSA) is 49.4 Å². The van der Waals surface area contributed by atoms with Crippen LogP contribution in [0.5, 0.6) is 0 Å². The van der Waals surface area contributed by atoms with Gasteiger partial charge in [-0.2, -0.15) is 0 Å². The van der Waals surface area contributed by atoms with Crippen molar-refractivity contribution in [1.29, 1.82) is 0 Å². The van der Waals surface area contributed by atoms with E-state index in [1.165, 1.54) is 12.1 Å². The fourth-order valence-corrected chi connectivity index (χ4v) is 4.22. The first-order chi connectivity index (χ1) is 13.6. The van der Waals surface area contributed by atoms with Gasteiger partial charge in [-0.25, -0.2) is 4.39 Å². The Bertz CT molecular complexity index is 932. The van der Waals surface area contributed by atoms with Gasteiger partial charge in [0.05, 0.1) is 5.92 Å². The van der Waals surface area contributed by atoms with Crippen LogP contribution < -0.4 is 10.2 Å². The zero-order valence-corrected chi connectivity index (χ0v) is 15.7. The molecule has 2 amide bonds. The monoisotopic (exact) mass is 378 g/mol. The first kappa shape index (κ1) is 17.4. The van der Waals surface area contributed by atoms with Crippen LogP contribution in [0, 0.1) is 17.7 Å². The van der Waals surface area contributed by atoms with Gasteiger partial charge < -0.3 is 10.2 Å². The van der Waals surface area contributed by atoms with Crippen LogP contribution in [0.1, 0.15) is 42.7 Å². The average molecular weight is 378 g/mol. The van der Waals surface area contributed by atoms with Crippen molar-refractivity contribution in [2.75, 3.05) is 16.8 Å². The minimum absolute atomic E-state index is 0.0435. The Morgan fingerprint density at radius 3 is 2.46 bits per heavy atom. The van der Waals surface area contributed by atoms with Gasteiger partial charge in [0.15, 0.2) is 0 Å². The number of anilines is 2. The summed E-state index contributed by atoms with van der Waals surface area (Å²) in [6, 6.07) is 12.1. The van der Waals surface area contributed by atoms with E-state index in [1.54, 1.807) is 12.1 Å². The molecule has 0 bridgehead atoms. The molecule has 2 aromatic rings. The maximum absolute atomic E-state index is 13.3. The van der Waals surface area contributed by atoms with Gasteiger partial charge in [-0.15, -0.1) is 0 Å². The molecule has 1 aliphatic heterocycles. The fourth-order valence-electron chi connectivity index (χ4n) is 4.22. The third-order valence-corrected chi connectivity index (χ3v) is 6.04. The molecule has 5 heteroatoms. The summed E-state index contributed by atoms with van der Waals surface area (Å²) in [7, 11) is 0. The molecule has 0 spiro atoms. The first-order valence-electron chi connectivity index (χ1n) is 10.1. The second-order valence-corrected chi connectivity index (χ2v) is 8.21. The van der Waals surface area contributed by atoms with E-state index in [2.05, 4.69) is 5.32 Å². The summed E-state index contributed by atoms with van der Waals surface area (Å²) in [5.41, 5.74) is 3.71. The highest BCUT2D eigenvalue weighted by molar-refractivity contribution is 6.00. The molecule has 1 atom stereocenters. The molecule has 2 saturated carbocycles. The zero-order valence-electron chi connectivity index (χ0n) is 15.7. The Morgan fingerprint density at radius 1 is 1.04 bits per heavy atom.